The smallest absolute Gasteiger partial charge is 0.138 e. The van der Waals surface area contributed by atoms with Gasteiger partial charge in [0.2, 0.25) is 0 Å². The van der Waals surface area contributed by atoms with Gasteiger partial charge < -0.3 is 9.84 Å². The fourth-order valence-electron chi connectivity index (χ4n) is 2.26. The zero-order chi connectivity index (χ0) is 14.3. The molecule has 0 aliphatic rings. The molecular weight excluding hydrogens is 238 g/mol. The van der Waals surface area contributed by atoms with Gasteiger partial charge in [-0.3, -0.25) is 4.98 Å². The maximum absolute atomic E-state index is 10.5. The van der Waals surface area contributed by atoms with Gasteiger partial charge in [0.25, 0.3) is 0 Å². The van der Waals surface area contributed by atoms with Gasteiger partial charge in [-0.2, -0.15) is 0 Å². The predicted octanol–water partition coefficient (Wildman–Crippen LogP) is 4.12. The van der Waals surface area contributed by atoms with Crippen molar-refractivity contribution in [3.8, 4) is 5.75 Å². The zero-order valence-corrected chi connectivity index (χ0v) is 12.6. The van der Waals surface area contributed by atoms with E-state index in [0.717, 1.165) is 37.0 Å². The Hall–Kier alpha value is -1.09. The van der Waals surface area contributed by atoms with Gasteiger partial charge in [0.05, 0.1) is 18.4 Å². The Morgan fingerprint density at radius 3 is 2.58 bits per heavy atom. The second kappa shape index (κ2) is 8.16. The first-order valence-electron chi connectivity index (χ1n) is 7.38. The maximum atomic E-state index is 10.5. The monoisotopic (exact) mass is 265 g/mol. The number of unbranched alkanes of at least 4 members (excludes halogenated alkanes) is 1. The average Bonchev–Trinajstić information content (AvgIpc) is 2.39. The van der Waals surface area contributed by atoms with Crippen LogP contribution >= 0.6 is 0 Å². The fraction of sp³-hybridized carbons (Fsp3) is 0.688. The summed E-state index contributed by atoms with van der Waals surface area (Å²) < 4.78 is 5.63. The Morgan fingerprint density at radius 1 is 1.26 bits per heavy atom. The summed E-state index contributed by atoms with van der Waals surface area (Å²) in [6.45, 7) is 8.28. The van der Waals surface area contributed by atoms with E-state index in [4.69, 9.17) is 4.74 Å². The summed E-state index contributed by atoms with van der Waals surface area (Å²) in [7, 11) is 0. The number of ether oxygens (including phenoxy) is 1. The summed E-state index contributed by atoms with van der Waals surface area (Å²) >= 11 is 0. The molecule has 0 saturated heterocycles. The molecule has 1 rings (SSSR count). The third kappa shape index (κ3) is 5.19. The molecule has 19 heavy (non-hydrogen) atoms. The summed E-state index contributed by atoms with van der Waals surface area (Å²) in [4.78, 5) is 4.17. The molecule has 0 fully saturated rings. The van der Waals surface area contributed by atoms with Crippen LogP contribution in [-0.2, 0) is 0 Å². The normalized spacial score (nSPS) is 14.4. The highest BCUT2D eigenvalue weighted by Crippen LogP contribution is 2.30. The molecule has 1 N–H and O–H groups in total. The van der Waals surface area contributed by atoms with Crippen LogP contribution in [0.25, 0.3) is 0 Å². The molecule has 2 atom stereocenters. The van der Waals surface area contributed by atoms with Crippen molar-refractivity contribution < 1.29 is 9.84 Å². The molecule has 0 radical (unpaired) electrons. The third-order valence-electron chi connectivity index (χ3n) is 3.35. The molecule has 3 heteroatoms. The number of nitrogens with zero attached hydrogens (tertiary/aromatic N) is 1. The lowest BCUT2D eigenvalue weighted by Crippen LogP contribution is -2.13. The number of aliphatic hydroxyl groups is 1. The highest BCUT2D eigenvalue weighted by atomic mass is 16.5. The Morgan fingerprint density at radius 2 is 2.00 bits per heavy atom. The molecule has 0 aliphatic carbocycles. The molecule has 0 bridgehead atoms. The van der Waals surface area contributed by atoms with Crippen LogP contribution < -0.4 is 4.74 Å². The van der Waals surface area contributed by atoms with Crippen molar-refractivity contribution in [2.75, 3.05) is 0 Å². The molecule has 1 aromatic heterocycles. The Labute approximate surface area is 117 Å². The van der Waals surface area contributed by atoms with Crippen LogP contribution in [-0.4, -0.2) is 16.2 Å². The highest BCUT2D eigenvalue weighted by Gasteiger charge is 2.19. The Kier molecular flexibility index (Phi) is 6.85. The molecule has 1 heterocycles. The molecule has 1 aromatic rings. The Bertz CT molecular complexity index is 366. The number of hydrogen-bond donors (Lipinski definition) is 1. The van der Waals surface area contributed by atoms with E-state index in [-0.39, 0.29) is 6.10 Å². The summed E-state index contributed by atoms with van der Waals surface area (Å²) in [5.74, 6) is 1.04. The van der Waals surface area contributed by atoms with Crippen LogP contribution in [0.2, 0.25) is 0 Å². The lowest BCUT2D eigenvalue weighted by Gasteiger charge is -2.22. The van der Waals surface area contributed by atoms with Crippen LogP contribution in [0, 0.1) is 5.92 Å². The van der Waals surface area contributed by atoms with Gasteiger partial charge in [-0.15, -0.1) is 0 Å². The minimum absolute atomic E-state index is 0.122. The average molecular weight is 265 g/mol. The molecule has 0 saturated carbocycles. The number of pyridine rings is 1. The van der Waals surface area contributed by atoms with E-state index in [1.807, 2.05) is 19.9 Å². The molecule has 0 spiro atoms. The van der Waals surface area contributed by atoms with Crippen molar-refractivity contribution in [3.05, 3.63) is 24.0 Å². The number of aromatic nitrogens is 1. The van der Waals surface area contributed by atoms with E-state index >= 15 is 0 Å². The van der Waals surface area contributed by atoms with Crippen LogP contribution in [0.1, 0.15) is 65.0 Å². The van der Waals surface area contributed by atoms with E-state index in [9.17, 15) is 5.11 Å². The number of hydrogen-bond acceptors (Lipinski definition) is 3. The van der Waals surface area contributed by atoms with Crippen LogP contribution in [0.15, 0.2) is 18.5 Å². The van der Waals surface area contributed by atoms with Crippen LogP contribution in [0.5, 0.6) is 5.75 Å². The van der Waals surface area contributed by atoms with Gasteiger partial charge in [0, 0.05) is 11.8 Å². The van der Waals surface area contributed by atoms with Gasteiger partial charge in [-0.05, 0) is 32.3 Å². The molecule has 0 amide bonds. The molecule has 2 unspecified atom stereocenters. The largest absolute Gasteiger partial charge is 0.489 e. The second-order valence-electron chi connectivity index (χ2n) is 5.38. The highest BCUT2D eigenvalue weighted by molar-refractivity contribution is 5.25. The maximum Gasteiger partial charge on any atom is 0.138 e. The summed E-state index contributed by atoms with van der Waals surface area (Å²) in [6.07, 6.45) is 7.48. The first-order valence-corrected chi connectivity index (χ1v) is 7.38. The molecule has 3 nitrogen and oxygen atoms in total. The first kappa shape index (κ1) is 16.0. The van der Waals surface area contributed by atoms with Crippen LogP contribution in [0.3, 0.4) is 0 Å². The van der Waals surface area contributed by atoms with Gasteiger partial charge in [0.1, 0.15) is 5.75 Å². The van der Waals surface area contributed by atoms with Gasteiger partial charge >= 0.3 is 0 Å². The van der Waals surface area contributed by atoms with Crippen molar-refractivity contribution >= 4 is 0 Å². The molecular formula is C16H27NO2. The van der Waals surface area contributed by atoms with Crippen LogP contribution in [0.4, 0.5) is 0 Å². The second-order valence-corrected chi connectivity index (χ2v) is 5.38. The van der Waals surface area contributed by atoms with E-state index < -0.39 is 6.10 Å². The molecule has 108 valence electrons. The lowest BCUT2D eigenvalue weighted by molar-refractivity contribution is 0.0980. The Balaban J connectivity index is 2.76. The topological polar surface area (TPSA) is 42.4 Å². The van der Waals surface area contributed by atoms with E-state index in [1.54, 1.807) is 12.4 Å². The van der Waals surface area contributed by atoms with Gasteiger partial charge in [-0.25, -0.2) is 0 Å². The summed E-state index contributed by atoms with van der Waals surface area (Å²) in [5.41, 5.74) is 0.862. The van der Waals surface area contributed by atoms with Crippen molar-refractivity contribution in [2.45, 2.75) is 65.6 Å². The number of aliphatic hydroxyl groups excluding tert-OH is 1. The van der Waals surface area contributed by atoms with Gasteiger partial charge in [0.15, 0.2) is 0 Å². The van der Waals surface area contributed by atoms with E-state index in [2.05, 4.69) is 18.8 Å². The summed E-state index contributed by atoms with van der Waals surface area (Å²) in [5, 5.41) is 10.5. The van der Waals surface area contributed by atoms with E-state index in [0.29, 0.717) is 5.92 Å². The minimum atomic E-state index is -0.445. The van der Waals surface area contributed by atoms with Crippen molar-refractivity contribution in [2.24, 2.45) is 5.92 Å². The zero-order valence-electron chi connectivity index (χ0n) is 12.6. The van der Waals surface area contributed by atoms with Gasteiger partial charge in [-0.1, -0.05) is 33.1 Å². The van der Waals surface area contributed by atoms with Crippen molar-refractivity contribution in [3.63, 3.8) is 0 Å². The SMILES string of the molecule is CCCCC(CC)C(O)c1cncc(OC(C)C)c1. The van der Waals surface area contributed by atoms with Crippen molar-refractivity contribution in [1.29, 1.82) is 0 Å². The standard InChI is InChI=1S/C16H27NO2/c1-5-7-8-13(6-2)16(18)14-9-15(11-17-10-14)19-12(3)4/h9-13,16,18H,5-8H2,1-4H3. The molecule has 0 aliphatic heterocycles. The summed E-state index contributed by atoms with van der Waals surface area (Å²) in [6, 6.07) is 1.91. The lowest BCUT2D eigenvalue weighted by atomic mass is 9.90. The minimum Gasteiger partial charge on any atom is -0.489 e. The first-order chi connectivity index (χ1) is 9.08. The number of rotatable bonds is 8. The molecule has 0 aromatic carbocycles. The quantitative estimate of drug-likeness (QED) is 0.769. The third-order valence-corrected chi connectivity index (χ3v) is 3.35. The predicted molar refractivity (Wildman–Crippen MR) is 78.3 cm³/mol. The fourth-order valence-corrected chi connectivity index (χ4v) is 2.26. The van der Waals surface area contributed by atoms with Crippen molar-refractivity contribution in [1.82, 2.24) is 4.98 Å². The van der Waals surface area contributed by atoms with E-state index in [1.165, 1.54) is 0 Å².